The molecule has 1 atom stereocenters. The minimum absolute atomic E-state index is 0.0609. The molecule has 0 bridgehead atoms. The Hall–Kier alpha value is -1.36. The van der Waals surface area contributed by atoms with Crippen LogP contribution in [0.25, 0.3) is 0 Å². The van der Waals surface area contributed by atoms with Crippen molar-refractivity contribution in [2.24, 2.45) is 0 Å². The molecule has 5 nitrogen and oxygen atoms in total. The van der Waals surface area contributed by atoms with Gasteiger partial charge in [0.1, 0.15) is 6.61 Å². The van der Waals surface area contributed by atoms with Gasteiger partial charge in [0.2, 0.25) is 0 Å². The summed E-state index contributed by atoms with van der Waals surface area (Å²) in [7, 11) is 0. The van der Waals surface area contributed by atoms with Crippen LogP contribution in [0.5, 0.6) is 0 Å². The van der Waals surface area contributed by atoms with Gasteiger partial charge in [0.15, 0.2) is 6.10 Å². The van der Waals surface area contributed by atoms with Crippen LogP contribution in [0.4, 0.5) is 0 Å². The molecule has 0 spiro atoms. The Morgan fingerprint density at radius 3 is 1.17 bits per heavy atom. The van der Waals surface area contributed by atoms with Gasteiger partial charge in [-0.15, -0.1) is 0 Å². The van der Waals surface area contributed by atoms with Crippen molar-refractivity contribution in [2.45, 2.75) is 225 Å². The minimum atomic E-state index is -0.764. The number of hydrogen-bond donors (Lipinski definition) is 1. The maximum atomic E-state index is 12.1. The highest BCUT2D eigenvalue weighted by atomic mass is 16.6. The van der Waals surface area contributed by atoms with Crippen LogP contribution in [0.15, 0.2) is 12.2 Å². The number of rotatable bonds is 37. The number of unbranched alkanes of at least 4 members (excludes halogenated alkanes) is 27. The van der Waals surface area contributed by atoms with Gasteiger partial charge in [-0.25, -0.2) is 0 Å². The second-order valence-corrected chi connectivity index (χ2v) is 13.7. The Balaban J connectivity index is 3.50. The molecule has 0 heterocycles. The molecule has 0 aromatic heterocycles. The van der Waals surface area contributed by atoms with Gasteiger partial charge < -0.3 is 14.6 Å². The van der Waals surface area contributed by atoms with Crippen molar-refractivity contribution in [1.29, 1.82) is 0 Å². The summed E-state index contributed by atoms with van der Waals surface area (Å²) < 4.78 is 10.6. The first-order valence-electron chi connectivity index (χ1n) is 20.2. The predicted molar refractivity (Wildman–Crippen MR) is 196 cm³/mol. The molecule has 0 aromatic rings. The lowest BCUT2D eigenvalue weighted by molar-refractivity contribution is -0.161. The average molecular weight is 651 g/mol. The summed E-state index contributed by atoms with van der Waals surface area (Å²) in [5.74, 6) is -0.583. The number of ether oxygens (including phenoxy) is 2. The fourth-order valence-corrected chi connectivity index (χ4v) is 5.96. The quantitative estimate of drug-likeness (QED) is 0.0411. The second kappa shape index (κ2) is 38.1. The van der Waals surface area contributed by atoms with E-state index in [1.54, 1.807) is 0 Å². The summed E-state index contributed by atoms with van der Waals surface area (Å²) in [4.78, 5) is 24.2. The van der Waals surface area contributed by atoms with Crippen LogP contribution >= 0.6 is 0 Å². The van der Waals surface area contributed by atoms with Gasteiger partial charge in [-0.3, -0.25) is 9.59 Å². The smallest absolute Gasteiger partial charge is 0.306 e. The van der Waals surface area contributed by atoms with Crippen LogP contribution in [0, 0.1) is 0 Å². The zero-order valence-electron chi connectivity index (χ0n) is 30.9. The Labute approximate surface area is 286 Å². The first-order chi connectivity index (χ1) is 22.6. The third-order valence-electron chi connectivity index (χ3n) is 9.06. The van der Waals surface area contributed by atoms with Gasteiger partial charge >= 0.3 is 11.9 Å². The number of carbonyl (C=O) groups excluding carboxylic acids is 2. The molecule has 46 heavy (non-hydrogen) atoms. The third kappa shape index (κ3) is 35.5. The largest absolute Gasteiger partial charge is 0.462 e. The number of allylic oxidation sites excluding steroid dienone is 2. The van der Waals surface area contributed by atoms with E-state index in [4.69, 9.17) is 9.47 Å². The average Bonchev–Trinajstić information content (AvgIpc) is 3.06. The van der Waals surface area contributed by atoms with E-state index in [0.717, 1.165) is 38.5 Å². The van der Waals surface area contributed by atoms with Crippen LogP contribution in [0.1, 0.15) is 219 Å². The van der Waals surface area contributed by atoms with Gasteiger partial charge in [-0.2, -0.15) is 0 Å². The van der Waals surface area contributed by atoms with Crippen molar-refractivity contribution < 1.29 is 24.2 Å². The molecule has 0 fully saturated rings. The SMILES string of the molecule is CCCCCCCCC=CCCCCCCCCCCCC(=O)OC[C@H](CO)OC(=O)CCCCCCCCCCCCCCC. The molecule has 1 N–H and O–H groups in total. The number of aliphatic hydroxyl groups is 1. The highest BCUT2D eigenvalue weighted by molar-refractivity contribution is 5.70. The van der Waals surface area contributed by atoms with E-state index >= 15 is 0 Å². The zero-order valence-corrected chi connectivity index (χ0v) is 30.9. The number of carbonyl (C=O) groups is 2. The molecule has 272 valence electrons. The number of aliphatic hydroxyl groups excluding tert-OH is 1. The first kappa shape index (κ1) is 44.6. The lowest BCUT2D eigenvalue weighted by atomic mass is 10.0. The van der Waals surface area contributed by atoms with E-state index in [-0.39, 0.29) is 25.2 Å². The summed E-state index contributed by atoms with van der Waals surface area (Å²) in [6.07, 6.45) is 42.7. The fraction of sp³-hybridized carbons (Fsp3) is 0.902. The number of esters is 2. The van der Waals surface area contributed by atoms with Gasteiger partial charge in [-0.05, 0) is 38.5 Å². The Bertz CT molecular complexity index is 661. The number of hydrogen-bond acceptors (Lipinski definition) is 5. The lowest BCUT2D eigenvalue weighted by Gasteiger charge is -2.15. The van der Waals surface area contributed by atoms with Crippen LogP contribution in [0.2, 0.25) is 0 Å². The maximum Gasteiger partial charge on any atom is 0.306 e. The highest BCUT2D eigenvalue weighted by Gasteiger charge is 2.16. The van der Waals surface area contributed by atoms with E-state index in [1.165, 1.54) is 154 Å². The third-order valence-corrected chi connectivity index (χ3v) is 9.06. The molecule has 0 radical (unpaired) electrons. The van der Waals surface area contributed by atoms with E-state index < -0.39 is 6.10 Å². The highest BCUT2D eigenvalue weighted by Crippen LogP contribution is 2.15. The maximum absolute atomic E-state index is 12.1. The minimum Gasteiger partial charge on any atom is -0.462 e. The van der Waals surface area contributed by atoms with Crippen molar-refractivity contribution in [3.8, 4) is 0 Å². The molecule has 0 aromatic carbocycles. The summed E-state index contributed by atoms with van der Waals surface area (Å²) in [5.41, 5.74) is 0. The van der Waals surface area contributed by atoms with Crippen LogP contribution < -0.4 is 0 Å². The van der Waals surface area contributed by atoms with E-state index in [9.17, 15) is 14.7 Å². The molecular weight excluding hydrogens is 572 g/mol. The van der Waals surface area contributed by atoms with Crippen LogP contribution in [-0.2, 0) is 19.1 Å². The van der Waals surface area contributed by atoms with Gasteiger partial charge in [0.05, 0.1) is 6.61 Å². The molecule has 5 heteroatoms. The molecule has 0 saturated heterocycles. The molecule has 0 aliphatic carbocycles. The van der Waals surface area contributed by atoms with E-state index in [0.29, 0.717) is 12.8 Å². The molecule has 0 aliphatic heterocycles. The normalized spacial score (nSPS) is 12.2. The van der Waals surface area contributed by atoms with E-state index in [2.05, 4.69) is 26.0 Å². The predicted octanol–water partition coefficient (Wildman–Crippen LogP) is 12.5. The monoisotopic (exact) mass is 651 g/mol. The summed E-state index contributed by atoms with van der Waals surface area (Å²) >= 11 is 0. The molecule has 0 rings (SSSR count). The summed E-state index contributed by atoms with van der Waals surface area (Å²) in [5, 5.41) is 9.55. The molecule has 0 aliphatic rings. The molecule has 0 saturated carbocycles. The lowest BCUT2D eigenvalue weighted by Crippen LogP contribution is -2.28. The Morgan fingerprint density at radius 2 is 0.804 bits per heavy atom. The molecule has 0 amide bonds. The first-order valence-corrected chi connectivity index (χ1v) is 20.2. The Kier molecular flexibility index (Phi) is 37.0. The second-order valence-electron chi connectivity index (χ2n) is 13.7. The topological polar surface area (TPSA) is 72.8 Å². The van der Waals surface area contributed by atoms with Crippen LogP contribution in [-0.4, -0.2) is 36.4 Å². The molecule has 0 unspecified atom stereocenters. The Morgan fingerprint density at radius 1 is 0.478 bits per heavy atom. The van der Waals surface area contributed by atoms with Gasteiger partial charge in [-0.1, -0.05) is 180 Å². The fourth-order valence-electron chi connectivity index (χ4n) is 5.96. The summed E-state index contributed by atoms with van der Waals surface area (Å²) in [6.45, 7) is 4.15. The van der Waals surface area contributed by atoms with Crippen molar-refractivity contribution >= 4 is 11.9 Å². The standard InChI is InChI=1S/C41H78O5/c1-3-5-7-9-11-13-15-17-18-19-20-21-22-24-25-27-29-31-33-35-40(43)45-38-39(37-42)46-41(44)36-34-32-30-28-26-23-16-14-12-10-8-6-4-2/h17-18,39,42H,3-16,19-38H2,1-2H3/t39-/m0/s1. The van der Waals surface area contributed by atoms with Crippen molar-refractivity contribution in [3.05, 3.63) is 12.2 Å². The van der Waals surface area contributed by atoms with Gasteiger partial charge in [0.25, 0.3) is 0 Å². The van der Waals surface area contributed by atoms with Gasteiger partial charge in [0, 0.05) is 12.8 Å². The van der Waals surface area contributed by atoms with E-state index in [1.807, 2.05) is 0 Å². The molecular formula is C41H78O5. The zero-order chi connectivity index (χ0) is 33.6. The van der Waals surface area contributed by atoms with Crippen molar-refractivity contribution in [1.82, 2.24) is 0 Å². The summed E-state index contributed by atoms with van der Waals surface area (Å²) in [6, 6.07) is 0. The van der Waals surface area contributed by atoms with Crippen molar-refractivity contribution in [2.75, 3.05) is 13.2 Å². The van der Waals surface area contributed by atoms with Crippen molar-refractivity contribution in [3.63, 3.8) is 0 Å². The van der Waals surface area contributed by atoms with Crippen LogP contribution in [0.3, 0.4) is 0 Å².